The topological polar surface area (TPSA) is 88.7 Å². The number of carbonyl (C=O) groups is 1. The van der Waals surface area contributed by atoms with Crippen LogP contribution >= 0.6 is 11.8 Å². The smallest absolute Gasteiger partial charge is 0.233 e. The van der Waals surface area contributed by atoms with E-state index in [0.29, 0.717) is 12.6 Å². The monoisotopic (exact) mass is 407 g/mol. The number of rotatable bonds is 7. The second kappa shape index (κ2) is 7.44. The van der Waals surface area contributed by atoms with E-state index < -0.39 is 0 Å². The highest BCUT2D eigenvalue weighted by atomic mass is 32.2. The maximum atomic E-state index is 12.5. The number of para-hydroxylation sites is 1. The van der Waals surface area contributed by atoms with E-state index in [1.807, 2.05) is 37.4 Å². The van der Waals surface area contributed by atoms with Crippen molar-refractivity contribution < 1.29 is 9.21 Å². The second-order valence-corrected chi connectivity index (χ2v) is 8.52. The minimum atomic E-state index is -0.289. The van der Waals surface area contributed by atoms with Gasteiger partial charge in [-0.15, -0.1) is 10.2 Å². The molecular formula is C21H21N5O2S. The first kappa shape index (κ1) is 18.1. The fraction of sp³-hybridized carbons (Fsp3) is 0.286. The van der Waals surface area contributed by atoms with Gasteiger partial charge in [0.2, 0.25) is 5.91 Å². The van der Waals surface area contributed by atoms with Crippen LogP contribution < -0.4 is 5.32 Å². The van der Waals surface area contributed by atoms with Crippen LogP contribution in [0.4, 0.5) is 0 Å². The van der Waals surface area contributed by atoms with Crippen LogP contribution in [-0.2, 0) is 11.3 Å². The number of nitrogens with one attached hydrogen (secondary N) is 2. The summed E-state index contributed by atoms with van der Waals surface area (Å²) in [7, 11) is 0. The number of amides is 1. The number of H-pyrrole nitrogens is 1. The molecule has 0 aliphatic heterocycles. The Labute approximate surface area is 171 Å². The molecule has 0 saturated heterocycles. The minimum Gasteiger partial charge on any atom is -0.467 e. The average Bonchev–Trinajstić information content (AvgIpc) is 3.13. The van der Waals surface area contributed by atoms with Crippen LogP contribution in [-0.4, -0.2) is 30.9 Å². The van der Waals surface area contributed by atoms with Gasteiger partial charge >= 0.3 is 0 Å². The number of aromatic nitrogens is 4. The summed E-state index contributed by atoms with van der Waals surface area (Å²) in [6.45, 7) is 2.27. The average molecular weight is 407 g/mol. The highest BCUT2D eigenvalue weighted by molar-refractivity contribution is 8.00. The molecule has 1 aromatic carbocycles. The Hall–Kier alpha value is -3.00. The van der Waals surface area contributed by atoms with Gasteiger partial charge in [-0.2, -0.15) is 0 Å². The van der Waals surface area contributed by atoms with Crippen LogP contribution in [0.1, 0.15) is 31.6 Å². The Bertz CT molecular complexity index is 1140. The number of fused-ring (bicyclic) bond motifs is 1. The van der Waals surface area contributed by atoms with E-state index in [0.717, 1.165) is 46.0 Å². The van der Waals surface area contributed by atoms with E-state index >= 15 is 0 Å². The summed E-state index contributed by atoms with van der Waals surface area (Å²) in [5.41, 5.74) is 2.12. The summed E-state index contributed by atoms with van der Waals surface area (Å²) in [5.74, 6) is 1.54. The third-order valence-corrected chi connectivity index (χ3v) is 6.13. The molecule has 1 fully saturated rings. The number of hydrogen-bond acceptors (Lipinski definition) is 5. The molecule has 5 rings (SSSR count). The zero-order chi connectivity index (χ0) is 19.8. The van der Waals surface area contributed by atoms with Crippen molar-refractivity contribution in [1.29, 1.82) is 0 Å². The highest BCUT2D eigenvalue weighted by Crippen LogP contribution is 2.42. The Kier molecular flexibility index (Phi) is 4.63. The van der Waals surface area contributed by atoms with Gasteiger partial charge in [-0.25, -0.2) is 0 Å². The molecule has 0 radical (unpaired) electrons. The Morgan fingerprint density at radius 3 is 2.97 bits per heavy atom. The van der Waals surface area contributed by atoms with Crippen molar-refractivity contribution in [2.75, 3.05) is 0 Å². The summed E-state index contributed by atoms with van der Waals surface area (Å²) in [5, 5.41) is 13.5. The van der Waals surface area contributed by atoms with Crippen LogP contribution in [0.2, 0.25) is 0 Å². The summed E-state index contributed by atoms with van der Waals surface area (Å²) >= 11 is 1.44. The van der Waals surface area contributed by atoms with Crippen LogP contribution in [0.15, 0.2) is 58.4 Å². The van der Waals surface area contributed by atoms with Gasteiger partial charge in [0.05, 0.1) is 18.1 Å². The zero-order valence-electron chi connectivity index (χ0n) is 16.0. The molecule has 148 valence electrons. The number of aromatic amines is 1. The molecule has 1 atom stereocenters. The van der Waals surface area contributed by atoms with Crippen molar-refractivity contribution in [3.8, 4) is 11.4 Å². The van der Waals surface area contributed by atoms with E-state index in [2.05, 4.69) is 37.2 Å². The highest BCUT2D eigenvalue weighted by Gasteiger charge is 2.32. The SMILES string of the molecule is C[C@@H](Sc1nnc(-c2c[nH]c3ccccc23)n1C1CC1)C(=O)NCc1ccco1. The largest absolute Gasteiger partial charge is 0.467 e. The quantitative estimate of drug-likeness (QED) is 0.449. The van der Waals surface area contributed by atoms with Crippen molar-refractivity contribution in [3.63, 3.8) is 0 Å². The fourth-order valence-electron chi connectivity index (χ4n) is 3.40. The Balaban J connectivity index is 1.38. The molecule has 7 nitrogen and oxygen atoms in total. The van der Waals surface area contributed by atoms with E-state index in [9.17, 15) is 4.79 Å². The first-order chi connectivity index (χ1) is 14.2. The molecule has 1 aliphatic carbocycles. The molecule has 2 N–H and O–H groups in total. The number of nitrogens with zero attached hydrogens (tertiary/aromatic N) is 3. The Morgan fingerprint density at radius 1 is 1.31 bits per heavy atom. The fourth-order valence-corrected chi connectivity index (χ4v) is 4.35. The third-order valence-electron chi connectivity index (χ3n) is 5.08. The predicted molar refractivity (Wildman–Crippen MR) is 111 cm³/mol. The van der Waals surface area contributed by atoms with Gasteiger partial charge in [-0.3, -0.25) is 9.36 Å². The first-order valence-electron chi connectivity index (χ1n) is 9.69. The lowest BCUT2D eigenvalue weighted by molar-refractivity contribution is -0.120. The van der Waals surface area contributed by atoms with Gasteiger partial charge in [-0.1, -0.05) is 30.0 Å². The lowest BCUT2D eigenvalue weighted by Gasteiger charge is -2.13. The number of carbonyl (C=O) groups excluding carboxylic acids is 1. The van der Waals surface area contributed by atoms with Crippen LogP contribution in [0, 0.1) is 0 Å². The van der Waals surface area contributed by atoms with Crippen LogP contribution in [0.5, 0.6) is 0 Å². The molecule has 3 heterocycles. The molecular weight excluding hydrogens is 386 g/mol. The molecule has 1 aliphatic rings. The van der Waals surface area contributed by atoms with Gasteiger partial charge in [0.25, 0.3) is 0 Å². The van der Waals surface area contributed by atoms with Gasteiger partial charge in [0, 0.05) is 28.7 Å². The van der Waals surface area contributed by atoms with Gasteiger partial charge in [0.1, 0.15) is 5.76 Å². The van der Waals surface area contributed by atoms with E-state index in [1.165, 1.54) is 11.8 Å². The molecule has 4 aromatic rings. The normalized spacial score (nSPS) is 14.9. The standard InChI is InChI=1S/C21H21N5O2S/c1-13(20(27)23-11-15-5-4-10-28-15)29-21-25-24-19(26(21)14-8-9-14)17-12-22-18-7-3-2-6-16(17)18/h2-7,10,12-14,22H,8-9,11H2,1H3,(H,23,27)/t13-/m1/s1. The summed E-state index contributed by atoms with van der Waals surface area (Å²) in [4.78, 5) is 15.8. The van der Waals surface area contributed by atoms with Crippen molar-refractivity contribution in [1.82, 2.24) is 25.1 Å². The summed E-state index contributed by atoms with van der Waals surface area (Å²) in [6, 6.07) is 12.2. The zero-order valence-corrected chi connectivity index (χ0v) is 16.8. The molecule has 29 heavy (non-hydrogen) atoms. The molecule has 0 spiro atoms. The second-order valence-electron chi connectivity index (χ2n) is 7.21. The van der Waals surface area contributed by atoms with E-state index in [4.69, 9.17) is 4.42 Å². The molecule has 1 saturated carbocycles. The van der Waals surface area contributed by atoms with Gasteiger partial charge in [0.15, 0.2) is 11.0 Å². The van der Waals surface area contributed by atoms with Gasteiger partial charge in [-0.05, 0) is 38.0 Å². The molecule has 1 amide bonds. The lowest BCUT2D eigenvalue weighted by atomic mass is 10.1. The van der Waals surface area contributed by atoms with Crippen LogP contribution in [0.25, 0.3) is 22.3 Å². The summed E-state index contributed by atoms with van der Waals surface area (Å²) < 4.78 is 7.46. The number of thioether (sulfide) groups is 1. The molecule has 3 aromatic heterocycles. The first-order valence-corrected chi connectivity index (χ1v) is 10.6. The predicted octanol–water partition coefficient (Wildman–Crippen LogP) is 4.15. The van der Waals surface area contributed by atoms with Crippen molar-refractivity contribution in [2.45, 2.75) is 42.8 Å². The number of furan rings is 1. The number of hydrogen-bond donors (Lipinski definition) is 2. The molecule has 0 unspecified atom stereocenters. The van der Waals surface area contributed by atoms with E-state index in [1.54, 1.807) is 6.26 Å². The number of benzene rings is 1. The van der Waals surface area contributed by atoms with Crippen molar-refractivity contribution >= 4 is 28.6 Å². The lowest BCUT2D eigenvalue weighted by Crippen LogP contribution is -2.30. The van der Waals surface area contributed by atoms with Crippen molar-refractivity contribution in [2.24, 2.45) is 0 Å². The minimum absolute atomic E-state index is 0.0506. The van der Waals surface area contributed by atoms with E-state index in [-0.39, 0.29) is 11.2 Å². The molecule has 0 bridgehead atoms. The third kappa shape index (κ3) is 3.55. The maximum Gasteiger partial charge on any atom is 0.233 e. The van der Waals surface area contributed by atoms with Crippen molar-refractivity contribution in [3.05, 3.63) is 54.6 Å². The van der Waals surface area contributed by atoms with Gasteiger partial charge < -0.3 is 14.7 Å². The van der Waals surface area contributed by atoms with Crippen LogP contribution in [0.3, 0.4) is 0 Å². The summed E-state index contributed by atoms with van der Waals surface area (Å²) in [6.07, 6.45) is 5.81. The Morgan fingerprint density at radius 2 is 2.17 bits per heavy atom. The molecule has 8 heteroatoms. The maximum absolute atomic E-state index is 12.5.